The number of halogens is 1. The van der Waals surface area contributed by atoms with Crippen LogP contribution in [0.25, 0.3) is 0 Å². The van der Waals surface area contributed by atoms with Gasteiger partial charge in [-0.15, -0.1) is 0 Å². The Morgan fingerprint density at radius 1 is 0.909 bits per heavy atom. The molecule has 1 atom stereocenters. The van der Waals surface area contributed by atoms with E-state index in [-0.39, 0.29) is 17.0 Å². The Morgan fingerprint density at radius 3 is 2.18 bits per heavy atom. The molecule has 2 heteroatoms. The largest absolute Gasteiger partial charge is 1.00 e. The van der Waals surface area contributed by atoms with Crippen molar-refractivity contribution in [1.29, 1.82) is 0 Å². The van der Waals surface area contributed by atoms with Crippen molar-refractivity contribution in [1.82, 2.24) is 0 Å². The molecule has 0 aliphatic rings. The summed E-state index contributed by atoms with van der Waals surface area (Å²) < 4.78 is 1.18. The predicted molar refractivity (Wildman–Crippen MR) is 94.6 cm³/mol. The normalized spacial score (nSPS) is 12.7. The average Bonchev–Trinajstić information content (AvgIpc) is 2.48. The smallest absolute Gasteiger partial charge is 0.0857 e. The first-order chi connectivity index (χ1) is 10.1. The lowest BCUT2D eigenvalue weighted by Crippen LogP contribution is -3.00. The summed E-state index contributed by atoms with van der Waals surface area (Å²) in [5, 5.41) is 0. The zero-order chi connectivity index (χ0) is 15.6. The fourth-order valence-electron chi connectivity index (χ4n) is 2.94. The Labute approximate surface area is 149 Å². The van der Waals surface area contributed by atoms with E-state index in [0.29, 0.717) is 0 Å². The number of benzene rings is 1. The van der Waals surface area contributed by atoms with Crippen molar-refractivity contribution < 1.29 is 21.5 Å². The first-order valence-corrected chi connectivity index (χ1v) is 8.93. The molecule has 1 aromatic carbocycles. The van der Waals surface area contributed by atoms with Crippen molar-refractivity contribution in [2.75, 3.05) is 20.6 Å². The molecule has 0 aliphatic carbocycles. The second kappa shape index (κ2) is 12.1. The molecule has 0 heterocycles. The highest BCUT2D eigenvalue weighted by Crippen LogP contribution is 2.16. The fourth-order valence-corrected chi connectivity index (χ4v) is 2.94. The molecule has 1 rings (SSSR count). The Kier molecular flexibility index (Phi) is 11.9. The summed E-state index contributed by atoms with van der Waals surface area (Å²) in [6.07, 6.45) is 10.8. The van der Waals surface area contributed by atoms with Crippen molar-refractivity contribution in [2.24, 2.45) is 0 Å². The average molecular weight is 370 g/mol. The van der Waals surface area contributed by atoms with Crippen LogP contribution in [0.3, 0.4) is 0 Å². The number of hydrogen-bond acceptors (Lipinski definition) is 0. The zero-order valence-electron chi connectivity index (χ0n) is 15.2. The number of quaternary nitrogens is 1. The number of rotatable bonds is 11. The molecule has 0 N–H and O–H groups in total. The van der Waals surface area contributed by atoms with Crippen LogP contribution < -0.4 is 17.0 Å². The van der Waals surface area contributed by atoms with Crippen LogP contribution in [0, 0.1) is 0 Å². The van der Waals surface area contributed by atoms with Gasteiger partial charge in [0, 0.05) is 0 Å². The maximum Gasteiger partial charge on any atom is 0.0857 e. The Balaban J connectivity index is 0.00000441. The maximum atomic E-state index is 2.43. The van der Waals surface area contributed by atoms with Crippen LogP contribution in [-0.4, -0.2) is 31.2 Å². The molecule has 0 bridgehead atoms. The Bertz CT molecular complexity index is 361. The van der Waals surface area contributed by atoms with Crippen molar-refractivity contribution in [3.05, 3.63) is 35.9 Å². The van der Waals surface area contributed by atoms with Gasteiger partial charge in [-0.05, 0) is 44.6 Å². The van der Waals surface area contributed by atoms with Gasteiger partial charge < -0.3 is 21.5 Å². The van der Waals surface area contributed by atoms with E-state index in [4.69, 9.17) is 0 Å². The van der Waals surface area contributed by atoms with E-state index in [1.807, 2.05) is 0 Å². The van der Waals surface area contributed by atoms with Gasteiger partial charge in [0.1, 0.15) is 0 Å². The predicted octanol–water partition coefficient (Wildman–Crippen LogP) is 2.45. The quantitative estimate of drug-likeness (QED) is 0.415. The first-order valence-electron chi connectivity index (χ1n) is 8.93. The van der Waals surface area contributed by atoms with E-state index >= 15 is 0 Å². The molecule has 1 nitrogen and oxygen atoms in total. The van der Waals surface area contributed by atoms with Gasteiger partial charge in [-0.3, -0.25) is 0 Å². The number of hydrogen-bond donors (Lipinski definition) is 0. The highest BCUT2D eigenvalue weighted by Gasteiger charge is 2.22. The molecule has 0 saturated heterocycles. The van der Waals surface area contributed by atoms with Crippen LogP contribution in [0.2, 0.25) is 0 Å². The van der Waals surface area contributed by atoms with Crippen molar-refractivity contribution in [3.63, 3.8) is 0 Å². The Hall–Kier alpha value is -0.340. The molecule has 0 radical (unpaired) electrons. The van der Waals surface area contributed by atoms with E-state index in [0.717, 1.165) is 6.04 Å². The highest BCUT2D eigenvalue weighted by molar-refractivity contribution is 5.14. The molecule has 1 aromatic rings. The number of unbranched alkanes of at least 4 members (excludes halogenated alkanes) is 4. The SMILES string of the molecule is CCCCCCC[N+](C)(C)C(C)CCCc1ccccc1.[Br-]. The molecule has 0 fully saturated rings. The Morgan fingerprint density at radius 2 is 1.55 bits per heavy atom. The summed E-state index contributed by atoms with van der Waals surface area (Å²) in [6, 6.07) is 11.7. The maximum absolute atomic E-state index is 2.43. The van der Waals surface area contributed by atoms with Crippen LogP contribution in [0.4, 0.5) is 0 Å². The van der Waals surface area contributed by atoms with Crippen LogP contribution >= 0.6 is 0 Å². The zero-order valence-corrected chi connectivity index (χ0v) is 16.7. The minimum atomic E-state index is 0. The van der Waals surface area contributed by atoms with Gasteiger partial charge in [-0.1, -0.05) is 56.5 Å². The standard InChI is InChI=1S/C20H36N.BrH/c1-5-6-7-8-12-18-21(3,4)19(2)14-13-17-20-15-10-9-11-16-20;/h9-11,15-16,19H,5-8,12-14,17-18H2,1-4H3;1H/q+1;/p-1. The lowest BCUT2D eigenvalue weighted by molar-refractivity contribution is -0.913. The third-order valence-corrected chi connectivity index (χ3v) is 4.96. The summed E-state index contributed by atoms with van der Waals surface area (Å²) >= 11 is 0. The van der Waals surface area contributed by atoms with E-state index in [1.54, 1.807) is 0 Å². The second-order valence-electron chi connectivity index (χ2n) is 7.14. The highest BCUT2D eigenvalue weighted by atomic mass is 79.9. The lowest BCUT2D eigenvalue weighted by Gasteiger charge is -2.36. The molecule has 0 saturated carbocycles. The van der Waals surface area contributed by atoms with Crippen LogP contribution in [0.1, 0.15) is 64.4 Å². The van der Waals surface area contributed by atoms with Crippen LogP contribution in [-0.2, 0) is 6.42 Å². The molecule has 0 aliphatic heterocycles. The van der Waals surface area contributed by atoms with Gasteiger partial charge in [0.2, 0.25) is 0 Å². The lowest BCUT2D eigenvalue weighted by atomic mass is 10.0. The summed E-state index contributed by atoms with van der Waals surface area (Å²) in [5.41, 5.74) is 1.48. The third-order valence-electron chi connectivity index (χ3n) is 4.96. The minimum Gasteiger partial charge on any atom is -1.00 e. The van der Waals surface area contributed by atoms with Crippen LogP contribution in [0.15, 0.2) is 30.3 Å². The summed E-state index contributed by atoms with van der Waals surface area (Å²) in [6.45, 7) is 6.04. The molecular weight excluding hydrogens is 334 g/mol. The van der Waals surface area contributed by atoms with Gasteiger partial charge in [-0.25, -0.2) is 0 Å². The van der Waals surface area contributed by atoms with Gasteiger partial charge in [0.25, 0.3) is 0 Å². The third kappa shape index (κ3) is 8.95. The molecular formula is C20H36BrN. The first kappa shape index (κ1) is 21.7. The van der Waals surface area contributed by atoms with Crippen molar-refractivity contribution in [2.45, 2.75) is 71.3 Å². The molecule has 0 aromatic heterocycles. The van der Waals surface area contributed by atoms with Gasteiger partial charge >= 0.3 is 0 Å². The van der Waals surface area contributed by atoms with E-state index < -0.39 is 0 Å². The molecule has 0 amide bonds. The van der Waals surface area contributed by atoms with E-state index in [9.17, 15) is 0 Å². The minimum absolute atomic E-state index is 0. The van der Waals surface area contributed by atoms with Gasteiger partial charge in [0.15, 0.2) is 0 Å². The second-order valence-corrected chi connectivity index (χ2v) is 7.14. The van der Waals surface area contributed by atoms with Gasteiger partial charge in [0.05, 0.1) is 26.7 Å². The van der Waals surface area contributed by atoms with Crippen molar-refractivity contribution in [3.8, 4) is 0 Å². The molecule has 0 spiro atoms. The van der Waals surface area contributed by atoms with E-state index in [2.05, 4.69) is 58.3 Å². The van der Waals surface area contributed by atoms with E-state index in [1.165, 1.54) is 68.0 Å². The number of nitrogens with zero attached hydrogens (tertiary/aromatic N) is 1. The summed E-state index contributed by atoms with van der Waals surface area (Å²) in [4.78, 5) is 0. The summed E-state index contributed by atoms with van der Waals surface area (Å²) in [7, 11) is 4.82. The topological polar surface area (TPSA) is 0 Å². The molecule has 128 valence electrons. The van der Waals surface area contributed by atoms with Crippen molar-refractivity contribution >= 4 is 0 Å². The fraction of sp³-hybridized carbons (Fsp3) is 0.700. The number of aryl methyl sites for hydroxylation is 1. The van der Waals surface area contributed by atoms with Gasteiger partial charge in [-0.2, -0.15) is 0 Å². The monoisotopic (exact) mass is 369 g/mol. The summed E-state index contributed by atoms with van der Waals surface area (Å²) in [5.74, 6) is 0. The molecule has 1 unspecified atom stereocenters. The van der Waals surface area contributed by atoms with Crippen LogP contribution in [0.5, 0.6) is 0 Å². The molecule has 22 heavy (non-hydrogen) atoms.